The first-order valence-corrected chi connectivity index (χ1v) is 8.59. The number of rotatable bonds is 7. The van der Waals surface area contributed by atoms with Crippen molar-refractivity contribution in [1.82, 2.24) is 5.48 Å². The van der Waals surface area contributed by atoms with Crippen molar-refractivity contribution in [2.45, 2.75) is 26.1 Å². The smallest absolute Gasteiger partial charge is 0.276 e. The number of hydrogen-bond acceptors (Lipinski definition) is 6. The molecule has 138 valence electrons. The van der Waals surface area contributed by atoms with Crippen LogP contribution >= 0.6 is 0 Å². The standard InChI is InChI=1S/C20H20N4O3/c1-14-10-17(27-23-14)12-22-19-5-3-2-4-18(19)20(25)24-26-13-16-8-6-15(11-21)7-9-16/h2-9,17,22H,10,12-13H2,1H3,(H,24,25). The summed E-state index contributed by atoms with van der Waals surface area (Å²) in [6.07, 6.45) is 0.739. The Bertz CT molecular complexity index is 872. The molecule has 0 saturated heterocycles. The molecule has 0 bridgehead atoms. The maximum atomic E-state index is 12.4. The van der Waals surface area contributed by atoms with Crippen molar-refractivity contribution in [3.8, 4) is 6.07 Å². The van der Waals surface area contributed by atoms with Gasteiger partial charge < -0.3 is 10.2 Å². The average Bonchev–Trinajstić information content (AvgIpc) is 3.12. The summed E-state index contributed by atoms with van der Waals surface area (Å²) >= 11 is 0. The van der Waals surface area contributed by atoms with E-state index in [1.165, 1.54) is 0 Å². The minimum absolute atomic E-state index is 0.0336. The Labute approximate surface area is 157 Å². The van der Waals surface area contributed by atoms with Crippen LogP contribution in [0, 0.1) is 11.3 Å². The third kappa shape index (κ3) is 5.06. The fraction of sp³-hybridized carbons (Fsp3) is 0.250. The van der Waals surface area contributed by atoms with E-state index in [0.717, 1.165) is 17.7 Å². The molecule has 27 heavy (non-hydrogen) atoms. The number of carbonyl (C=O) groups excluding carboxylic acids is 1. The van der Waals surface area contributed by atoms with Crippen molar-refractivity contribution in [3.63, 3.8) is 0 Å². The summed E-state index contributed by atoms with van der Waals surface area (Å²) in [5, 5.41) is 16.0. The lowest BCUT2D eigenvalue weighted by atomic mass is 10.1. The molecule has 0 aliphatic carbocycles. The predicted octanol–water partition coefficient (Wildman–Crippen LogP) is 3.00. The molecule has 7 nitrogen and oxygen atoms in total. The van der Waals surface area contributed by atoms with Crippen LogP contribution in [0.1, 0.15) is 34.8 Å². The predicted molar refractivity (Wildman–Crippen MR) is 101 cm³/mol. The zero-order valence-corrected chi connectivity index (χ0v) is 14.9. The molecule has 0 aromatic heterocycles. The number of nitrogens with one attached hydrogen (secondary N) is 2. The second-order valence-corrected chi connectivity index (χ2v) is 6.21. The summed E-state index contributed by atoms with van der Waals surface area (Å²) in [5.41, 5.74) is 6.03. The molecule has 0 saturated carbocycles. The SMILES string of the molecule is CC1=NOC(CNc2ccccc2C(=O)NOCc2ccc(C#N)cc2)C1. The number of hydroxylamine groups is 1. The summed E-state index contributed by atoms with van der Waals surface area (Å²) in [7, 11) is 0. The summed E-state index contributed by atoms with van der Waals surface area (Å²) in [4.78, 5) is 23.0. The Kier molecular flexibility index (Phi) is 6.02. The highest BCUT2D eigenvalue weighted by Gasteiger charge is 2.19. The van der Waals surface area contributed by atoms with Gasteiger partial charge in [-0.25, -0.2) is 5.48 Å². The van der Waals surface area contributed by atoms with Crippen molar-refractivity contribution in [2.24, 2.45) is 5.16 Å². The largest absolute Gasteiger partial charge is 0.390 e. The van der Waals surface area contributed by atoms with Gasteiger partial charge in [-0.15, -0.1) is 0 Å². The minimum Gasteiger partial charge on any atom is -0.390 e. The number of carbonyl (C=O) groups is 1. The van der Waals surface area contributed by atoms with E-state index in [1.807, 2.05) is 19.1 Å². The Balaban J connectivity index is 1.52. The van der Waals surface area contributed by atoms with Crippen LogP contribution in [0.15, 0.2) is 53.7 Å². The van der Waals surface area contributed by atoms with Crippen LogP contribution in [0.2, 0.25) is 0 Å². The molecule has 7 heteroatoms. The number of para-hydroxylation sites is 1. The van der Waals surface area contributed by atoms with E-state index in [4.69, 9.17) is 14.9 Å². The fourth-order valence-electron chi connectivity index (χ4n) is 2.65. The molecule has 0 spiro atoms. The number of nitriles is 1. The lowest BCUT2D eigenvalue weighted by molar-refractivity contribution is 0.0234. The normalized spacial score (nSPS) is 15.4. The first-order valence-electron chi connectivity index (χ1n) is 8.59. The van der Waals surface area contributed by atoms with E-state index in [2.05, 4.69) is 22.0 Å². The minimum atomic E-state index is -0.341. The second-order valence-electron chi connectivity index (χ2n) is 6.21. The van der Waals surface area contributed by atoms with Gasteiger partial charge in [-0.05, 0) is 36.8 Å². The zero-order valence-electron chi connectivity index (χ0n) is 14.9. The number of anilines is 1. The molecule has 1 aliphatic rings. The van der Waals surface area contributed by atoms with Gasteiger partial charge in [-0.3, -0.25) is 9.63 Å². The second kappa shape index (κ2) is 8.83. The van der Waals surface area contributed by atoms with E-state index in [0.29, 0.717) is 23.4 Å². The molecule has 1 atom stereocenters. The number of hydrogen-bond donors (Lipinski definition) is 2. The van der Waals surface area contributed by atoms with Gasteiger partial charge in [-0.1, -0.05) is 29.4 Å². The van der Waals surface area contributed by atoms with E-state index < -0.39 is 0 Å². The van der Waals surface area contributed by atoms with Gasteiger partial charge in [-0.2, -0.15) is 5.26 Å². The van der Waals surface area contributed by atoms with Crippen LogP contribution in [-0.2, 0) is 16.3 Å². The average molecular weight is 364 g/mol. The maximum Gasteiger partial charge on any atom is 0.276 e. The third-order valence-corrected chi connectivity index (χ3v) is 4.06. The first kappa shape index (κ1) is 18.4. The molecule has 1 aliphatic heterocycles. The van der Waals surface area contributed by atoms with Crippen LogP contribution in [0.4, 0.5) is 5.69 Å². The van der Waals surface area contributed by atoms with Crippen molar-refractivity contribution < 1.29 is 14.5 Å². The lowest BCUT2D eigenvalue weighted by Crippen LogP contribution is -2.26. The summed E-state index contributed by atoms with van der Waals surface area (Å²) in [5.74, 6) is -0.341. The van der Waals surface area contributed by atoms with E-state index in [-0.39, 0.29) is 18.6 Å². The van der Waals surface area contributed by atoms with E-state index >= 15 is 0 Å². The molecule has 0 fully saturated rings. The summed E-state index contributed by atoms with van der Waals surface area (Å²) < 4.78 is 0. The van der Waals surface area contributed by atoms with Crippen molar-refractivity contribution in [3.05, 3.63) is 65.2 Å². The number of oxime groups is 1. The van der Waals surface area contributed by atoms with Crippen molar-refractivity contribution in [2.75, 3.05) is 11.9 Å². The lowest BCUT2D eigenvalue weighted by Gasteiger charge is -2.14. The highest BCUT2D eigenvalue weighted by molar-refractivity contribution is 5.99. The van der Waals surface area contributed by atoms with Gasteiger partial charge in [0.2, 0.25) is 0 Å². The topological polar surface area (TPSA) is 95.7 Å². The number of benzene rings is 2. The van der Waals surface area contributed by atoms with Crippen LogP contribution in [0.5, 0.6) is 0 Å². The Hall–Kier alpha value is -3.37. The van der Waals surface area contributed by atoms with Gasteiger partial charge in [0.05, 0.1) is 36.1 Å². The number of amides is 1. The Morgan fingerprint density at radius 3 is 2.78 bits per heavy atom. The fourth-order valence-corrected chi connectivity index (χ4v) is 2.65. The summed E-state index contributed by atoms with van der Waals surface area (Å²) in [6.45, 7) is 2.68. The van der Waals surface area contributed by atoms with Crippen molar-refractivity contribution in [1.29, 1.82) is 5.26 Å². The van der Waals surface area contributed by atoms with Gasteiger partial charge in [0.1, 0.15) is 6.10 Å². The Morgan fingerprint density at radius 2 is 2.07 bits per heavy atom. The first-order chi connectivity index (χ1) is 13.2. The zero-order chi connectivity index (χ0) is 19.1. The molecule has 0 radical (unpaired) electrons. The van der Waals surface area contributed by atoms with Gasteiger partial charge in [0.25, 0.3) is 5.91 Å². The molecular weight excluding hydrogens is 344 g/mol. The monoisotopic (exact) mass is 364 g/mol. The molecule has 1 amide bonds. The maximum absolute atomic E-state index is 12.4. The Morgan fingerprint density at radius 1 is 1.30 bits per heavy atom. The summed E-state index contributed by atoms with van der Waals surface area (Å²) in [6, 6.07) is 16.2. The molecule has 2 aromatic rings. The molecule has 2 aromatic carbocycles. The molecular formula is C20H20N4O3. The van der Waals surface area contributed by atoms with Gasteiger partial charge in [0, 0.05) is 12.1 Å². The highest BCUT2D eigenvalue weighted by atomic mass is 16.7. The quantitative estimate of drug-likeness (QED) is 0.737. The number of nitrogens with zero attached hydrogens (tertiary/aromatic N) is 2. The molecule has 1 heterocycles. The van der Waals surface area contributed by atoms with Crippen molar-refractivity contribution >= 4 is 17.3 Å². The van der Waals surface area contributed by atoms with E-state index in [1.54, 1.807) is 36.4 Å². The third-order valence-electron chi connectivity index (χ3n) is 4.06. The van der Waals surface area contributed by atoms with E-state index in [9.17, 15) is 4.79 Å². The van der Waals surface area contributed by atoms with Gasteiger partial charge in [0.15, 0.2) is 0 Å². The molecule has 2 N–H and O–H groups in total. The van der Waals surface area contributed by atoms with Crippen LogP contribution in [-0.4, -0.2) is 24.3 Å². The molecule has 1 unspecified atom stereocenters. The van der Waals surface area contributed by atoms with Crippen LogP contribution < -0.4 is 10.8 Å². The van der Waals surface area contributed by atoms with Crippen LogP contribution in [0.3, 0.4) is 0 Å². The van der Waals surface area contributed by atoms with Gasteiger partial charge >= 0.3 is 0 Å². The highest BCUT2D eigenvalue weighted by Crippen LogP contribution is 2.17. The van der Waals surface area contributed by atoms with Crippen LogP contribution in [0.25, 0.3) is 0 Å². The molecule has 3 rings (SSSR count).